The number of hydrogen-bond donors (Lipinski definition) is 0. The summed E-state index contributed by atoms with van der Waals surface area (Å²) < 4.78 is 5.73. The fourth-order valence-electron chi connectivity index (χ4n) is 2.53. The lowest BCUT2D eigenvalue weighted by Crippen LogP contribution is -1.94. The molecule has 3 rings (SSSR count). The van der Waals surface area contributed by atoms with E-state index >= 15 is 0 Å². The van der Waals surface area contributed by atoms with Gasteiger partial charge in [0, 0.05) is 11.5 Å². The Morgan fingerprint density at radius 3 is 2.69 bits per heavy atom. The second kappa shape index (κ2) is 3.24. The van der Waals surface area contributed by atoms with E-state index in [9.17, 15) is 0 Å². The summed E-state index contributed by atoms with van der Waals surface area (Å²) in [4.78, 5) is 0. The number of ether oxygens (including phenoxy) is 1. The molecule has 0 fully saturated rings. The maximum absolute atomic E-state index is 5.73. The van der Waals surface area contributed by atoms with Gasteiger partial charge in [0.1, 0.15) is 5.75 Å². The summed E-state index contributed by atoms with van der Waals surface area (Å²) in [6.07, 6.45) is 0. The molecule has 0 amide bonds. The van der Waals surface area contributed by atoms with Crippen molar-refractivity contribution in [1.82, 2.24) is 0 Å². The average Bonchev–Trinajstić information content (AvgIpc) is 2.72. The second-order valence-electron chi connectivity index (χ2n) is 4.85. The summed E-state index contributed by atoms with van der Waals surface area (Å²) in [6, 6.07) is 8.90. The minimum absolute atomic E-state index is 0.513. The number of aryl methyl sites for hydroxylation is 2. The second-order valence-corrected chi connectivity index (χ2v) is 4.85. The Labute approximate surface area is 96.4 Å². The molecule has 0 aromatic rings. The number of hydrogen-bond acceptors (Lipinski definition) is 1. The van der Waals surface area contributed by atoms with Gasteiger partial charge in [-0.2, -0.15) is 0 Å². The molecule has 1 aliphatic heterocycles. The van der Waals surface area contributed by atoms with Crippen molar-refractivity contribution in [2.75, 3.05) is 6.61 Å². The van der Waals surface area contributed by atoms with Crippen LogP contribution in [0.2, 0.25) is 0 Å². The van der Waals surface area contributed by atoms with Crippen molar-refractivity contribution in [2.45, 2.75) is 26.7 Å². The normalized spacial score (nSPS) is 18.6. The lowest BCUT2D eigenvalue weighted by atomic mass is 10.0. The fraction of sp³-hybridized carbons (Fsp3) is 0.333. The predicted molar refractivity (Wildman–Crippen MR) is 66.4 cm³/mol. The molecule has 0 radical (unpaired) electrons. The Morgan fingerprint density at radius 2 is 1.88 bits per heavy atom. The van der Waals surface area contributed by atoms with E-state index in [1.54, 1.807) is 0 Å². The van der Waals surface area contributed by atoms with Crippen LogP contribution in [0.25, 0.3) is 11.1 Å². The van der Waals surface area contributed by atoms with Crippen LogP contribution in [0.1, 0.15) is 29.5 Å². The van der Waals surface area contributed by atoms with Crippen molar-refractivity contribution < 1.29 is 4.74 Å². The van der Waals surface area contributed by atoms with Crippen LogP contribution in [-0.2, 0) is 0 Å². The van der Waals surface area contributed by atoms with Crippen LogP contribution in [0.4, 0.5) is 0 Å². The molecule has 1 nitrogen and oxygen atoms in total. The van der Waals surface area contributed by atoms with E-state index < -0.39 is 0 Å². The standard InChI is InChI=1S/C15H16O/c1-9-4-5-12-10(2)6-15-14(7-13(9)12)11(3)8-16-15/h4-7,11H,8H2,1-3H3. The molecule has 1 atom stereocenters. The summed E-state index contributed by atoms with van der Waals surface area (Å²) in [5.41, 5.74) is 6.74. The summed E-state index contributed by atoms with van der Waals surface area (Å²) in [7, 11) is 0. The van der Waals surface area contributed by atoms with Crippen molar-refractivity contribution in [2.24, 2.45) is 0 Å². The molecule has 1 unspecified atom stereocenters. The number of rotatable bonds is 0. The molecule has 0 aromatic heterocycles. The van der Waals surface area contributed by atoms with Crippen molar-refractivity contribution in [3.05, 3.63) is 41.0 Å². The van der Waals surface area contributed by atoms with Gasteiger partial charge in [-0.15, -0.1) is 0 Å². The maximum atomic E-state index is 5.73. The Kier molecular flexibility index (Phi) is 1.97. The van der Waals surface area contributed by atoms with Crippen LogP contribution in [0.3, 0.4) is 0 Å². The van der Waals surface area contributed by atoms with Gasteiger partial charge in [0.25, 0.3) is 0 Å². The highest BCUT2D eigenvalue weighted by Gasteiger charge is 2.22. The van der Waals surface area contributed by atoms with E-state index in [1.807, 2.05) is 0 Å². The van der Waals surface area contributed by atoms with E-state index in [1.165, 1.54) is 27.8 Å². The smallest absolute Gasteiger partial charge is 0.123 e. The third-order valence-corrected chi connectivity index (χ3v) is 3.59. The van der Waals surface area contributed by atoms with Gasteiger partial charge in [-0.25, -0.2) is 0 Å². The average molecular weight is 212 g/mol. The van der Waals surface area contributed by atoms with E-state index in [0.29, 0.717) is 5.92 Å². The largest absolute Gasteiger partial charge is 0.493 e. The third kappa shape index (κ3) is 1.24. The molecule has 16 heavy (non-hydrogen) atoms. The first kappa shape index (κ1) is 9.71. The van der Waals surface area contributed by atoms with Crippen LogP contribution in [0, 0.1) is 13.8 Å². The Bertz CT molecular complexity index is 528. The van der Waals surface area contributed by atoms with Crippen LogP contribution in [0.15, 0.2) is 24.3 Å². The Morgan fingerprint density at radius 1 is 1.06 bits per heavy atom. The first-order chi connectivity index (χ1) is 7.66. The van der Waals surface area contributed by atoms with Crippen molar-refractivity contribution in [1.29, 1.82) is 0 Å². The van der Waals surface area contributed by atoms with E-state index in [0.717, 1.165) is 12.4 Å². The molecular formula is C15H16O. The lowest BCUT2D eigenvalue weighted by Gasteiger charge is -2.01. The van der Waals surface area contributed by atoms with Crippen LogP contribution >= 0.6 is 0 Å². The first-order valence-corrected chi connectivity index (χ1v) is 5.83. The van der Waals surface area contributed by atoms with Gasteiger partial charge in [-0.05, 0) is 48.2 Å². The molecule has 1 heteroatoms. The Hall–Kier alpha value is -1.50. The maximum Gasteiger partial charge on any atom is 0.123 e. The summed E-state index contributed by atoms with van der Waals surface area (Å²) in [5.74, 6) is 1.58. The molecule has 0 bridgehead atoms. The molecule has 0 N–H and O–H groups in total. The third-order valence-electron chi connectivity index (χ3n) is 3.59. The van der Waals surface area contributed by atoms with E-state index in [4.69, 9.17) is 4.74 Å². The molecule has 82 valence electrons. The highest BCUT2D eigenvalue weighted by Crippen LogP contribution is 2.39. The molecule has 2 aliphatic carbocycles. The molecule has 0 spiro atoms. The predicted octanol–water partition coefficient (Wildman–Crippen LogP) is 3.90. The lowest BCUT2D eigenvalue weighted by molar-refractivity contribution is 0.337. The molecule has 3 aliphatic rings. The highest BCUT2D eigenvalue weighted by atomic mass is 16.5. The summed E-state index contributed by atoms with van der Waals surface area (Å²) in [6.45, 7) is 7.38. The number of fused-ring (bicyclic) bond motifs is 2. The topological polar surface area (TPSA) is 9.23 Å². The Balaban J connectivity index is 2.36. The van der Waals surface area contributed by atoms with E-state index in [2.05, 4.69) is 45.0 Å². The molecule has 0 saturated carbocycles. The molecule has 1 heterocycles. The van der Waals surface area contributed by atoms with Crippen molar-refractivity contribution >= 4 is 0 Å². The van der Waals surface area contributed by atoms with E-state index in [-0.39, 0.29) is 0 Å². The highest BCUT2D eigenvalue weighted by molar-refractivity contribution is 5.75. The van der Waals surface area contributed by atoms with Gasteiger partial charge in [0.05, 0.1) is 6.61 Å². The van der Waals surface area contributed by atoms with Gasteiger partial charge >= 0.3 is 0 Å². The molecule has 0 saturated heterocycles. The fourth-order valence-corrected chi connectivity index (χ4v) is 2.53. The SMILES string of the molecule is Cc1cc2c(cc3c(C)ccc1-3)C(C)CO2. The van der Waals surface area contributed by atoms with Gasteiger partial charge in [0.15, 0.2) is 0 Å². The van der Waals surface area contributed by atoms with Gasteiger partial charge in [0.2, 0.25) is 0 Å². The molecular weight excluding hydrogens is 196 g/mol. The van der Waals surface area contributed by atoms with Crippen molar-refractivity contribution in [3.63, 3.8) is 0 Å². The van der Waals surface area contributed by atoms with Crippen LogP contribution in [0.5, 0.6) is 5.75 Å². The molecule has 0 aromatic carbocycles. The van der Waals surface area contributed by atoms with Crippen molar-refractivity contribution in [3.8, 4) is 16.9 Å². The summed E-state index contributed by atoms with van der Waals surface area (Å²) >= 11 is 0. The monoisotopic (exact) mass is 212 g/mol. The quantitative estimate of drug-likeness (QED) is 0.643. The zero-order valence-corrected chi connectivity index (χ0v) is 10.0. The van der Waals surface area contributed by atoms with Gasteiger partial charge in [-0.1, -0.05) is 19.1 Å². The van der Waals surface area contributed by atoms with Gasteiger partial charge in [-0.3, -0.25) is 0 Å². The zero-order chi connectivity index (χ0) is 11.3. The zero-order valence-electron chi connectivity index (χ0n) is 10.0. The first-order valence-electron chi connectivity index (χ1n) is 5.83. The van der Waals surface area contributed by atoms with Gasteiger partial charge < -0.3 is 4.74 Å². The van der Waals surface area contributed by atoms with Crippen LogP contribution < -0.4 is 4.74 Å². The summed E-state index contributed by atoms with van der Waals surface area (Å²) in [5, 5.41) is 0. The van der Waals surface area contributed by atoms with Crippen LogP contribution in [-0.4, -0.2) is 6.61 Å². The minimum atomic E-state index is 0.513. The minimum Gasteiger partial charge on any atom is -0.493 e.